The molecule has 0 aliphatic rings. The molecule has 0 fully saturated rings. The number of hydrogen-bond donors (Lipinski definition) is 0. The van der Waals surface area contributed by atoms with Gasteiger partial charge >= 0.3 is 97.0 Å². The maximum atomic E-state index is 5.68. The summed E-state index contributed by atoms with van der Waals surface area (Å²) in [5, 5.41) is 1.32. The zero-order valence-electron chi connectivity index (χ0n) is 12.5. The average Bonchev–Trinajstić information content (AvgIpc) is 2.46. The smallest absolute Gasteiger partial charge is 0.497 e. The second-order valence-electron chi connectivity index (χ2n) is 5.02. The maximum absolute atomic E-state index is 5.68. The van der Waals surface area contributed by atoms with E-state index in [0.717, 1.165) is 12.4 Å². The number of hydrogen-bond acceptors (Lipinski definition) is 2. The minimum Gasteiger partial charge on any atom is -0.497 e. The van der Waals surface area contributed by atoms with Gasteiger partial charge in [-0.05, 0) is 12.1 Å². The molecule has 0 saturated carbocycles. The fraction of sp³-hybridized carbons (Fsp3) is 0.625. The Kier molecular flexibility index (Phi) is 9.99. The van der Waals surface area contributed by atoms with E-state index in [1.165, 1.54) is 49.2 Å². The summed E-state index contributed by atoms with van der Waals surface area (Å²) in [6, 6.07) is 8.08. The summed E-state index contributed by atoms with van der Waals surface area (Å²) >= 11 is 2.26. The molecule has 0 heterocycles. The quantitative estimate of drug-likeness (QED) is 0.437. The van der Waals surface area contributed by atoms with E-state index in [1.54, 1.807) is 7.11 Å². The van der Waals surface area contributed by atoms with E-state index in [4.69, 9.17) is 9.47 Å². The van der Waals surface area contributed by atoms with Crippen LogP contribution in [0.5, 0.6) is 5.75 Å². The first kappa shape index (κ1) is 16.6. The van der Waals surface area contributed by atoms with Crippen molar-refractivity contribution in [1.82, 2.24) is 0 Å². The van der Waals surface area contributed by atoms with E-state index < -0.39 is 0 Å². The SMILES string of the molecule is [Li][CH2]CCCCCCCOCc1ccc(OC)cc1. The van der Waals surface area contributed by atoms with Gasteiger partial charge in [-0.25, -0.2) is 0 Å². The summed E-state index contributed by atoms with van der Waals surface area (Å²) in [5.74, 6) is 0.899. The molecular weight excluding hydrogens is 231 g/mol. The molecule has 3 heteroatoms. The molecule has 2 nitrogen and oxygen atoms in total. The van der Waals surface area contributed by atoms with Crippen molar-refractivity contribution in [2.45, 2.75) is 50.2 Å². The normalized spacial score (nSPS) is 10.7. The molecular formula is C16H25LiO2. The van der Waals surface area contributed by atoms with Crippen LogP contribution in [0.4, 0.5) is 0 Å². The molecule has 19 heavy (non-hydrogen) atoms. The molecule has 0 aromatic heterocycles. The summed E-state index contributed by atoms with van der Waals surface area (Å²) in [6.07, 6.45) is 7.99. The van der Waals surface area contributed by atoms with Gasteiger partial charge in [-0.1, -0.05) is 0 Å². The van der Waals surface area contributed by atoms with Gasteiger partial charge < -0.3 is 4.74 Å². The predicted molar refractivity (Wildman–Crippen MR) is 80.9 cm³/mol. The molecule has 1 aromatic carbocycles. The van der Waals surface area contributed by atoms with Crippen molar-refractivity contribution < 1.29 is 9.47 Å². The van der Waals surface area contributed by atoms with Crippen LogP contribution in [0.3, 0.4) is 0 Å². The minimum absolute atomic E-state index is 0.708. The second-order valence-corrected chi connectivity index (χ2v) is 5.02. The van der Waals surface area contributed by atoms with Gasteiger partial charge in [-0.15, -0.1) is 0 Å². The van der Waals surface area contributed by atoms with E-state index in [9.17, 15) is 0 Å². The van der Waals surface area contributed by atoms with Crippen molar-refractivity contribution in [1.29, 1.82) is 0 Å². The third kappa shape index (κ3) is 8.37. The Labute approximate surface area is 127 Å². The molecule has 0 unspecified atom stereocenters. The molecule has 0 amide bonds. The topological polar surface area (TPSA) is 18.5 Å². The predicted octanol–water partition coefficient (Wildman–Crippen LogP) is 4.14. The summed E-state index contributed by atoms with van der Waals surface area (Å²) < 4.78 is 10.8. The number of benzene rings is 1. The van der Waals surface area contributed by atoms with Gasteiger partial charge in [-0.3, -0.25) is 0 Å². The first-order valence-electron chi connectivity index (χ1n) is 7.57. The van der Waals surface area contributed by atoms with Gasteiger partial charge in [0.2, 0.25) is 0 Å². The van der Waals surface area contributed by atoms with Crippen molar-refractivity contribution in [3.63, 3.8) is 0 Å². The third-order valence-electron chi connectivity index (χ3n) is 3.32. The van der Waals surface area contributed by atoms with Crippen LogP contribution in [0.2, 0.25) is 5.09 Å². The van der Waals surface area contributed by atoms with Gasteiger partial charge in [0.15, 0.2) is 0 Å². The van der Waals surface area contributed by atoms with E-state index in [2.05, 4.69) is 29.8 Å². The first-order valence-corrected chi connectivity index (χ1v) is 7.57. The Balaban J connectivity index is 1.95. The van der Waals surface area contributed by atoms with E-state index in [-0.39, 0.29) is 0 Å². The van der Waals surface area contributed by atoms with Crippen molar-refractivity contribution >= 4 is 17.7 Å². The van der Waals surface area contributed by atoms with Crippen molar-refractivity contribution in [2.24, 2.45) is 0 Å². The number of rotatable bonds is 11. The van der Waals surface area contributed by atoms with Crippen LogP contribution >= 0.6 is 0 Å². The molecule has 0 saturated heterocycles. The van der Waals surface area contributed by atoms with Crippen LogP contribution in [0, 0.1) is 0 Å². The Morgan fingerprint density at radius 1 is 0.895 bits per heavy atom. The zero-order chi connectivity index (χ0) is 13.8. The molecule has 0 radical (unpaired) electrons. The molecule has 0 atom stereocenters. The fourth-order valence-electron chi connectivity index (χ4n) is 2.07. The molecule has 0 bridgehead atoms. The van der Waals surface area contributed by atoms with Gasteiger partial charge in [-0.2, -0.15) is 0 Å². The van der Waals surface area contributed by atoms with Gasteiger partial charge in [0.25, 0.3) is 0 Å². The number of methoxy groups -OCH3 is 1. The second kappa shape index (κ2) is 11.4. The molecule has 102 valence electrons. The van der Waals surface area contributed by atoms with E-state index in [1.807, 2.05) is 12.1 Å². The molecule has 0 aliphatic heterocycles. The van der Waals surface area contributed by atoms with Crippen molar-refractivity contribution in [2.75, 3.05) is 13.7 Å². The van der Waals surface area contributed by atoms with E-state index >= 15 is 0 Å². The Hall–Kier alpha value is -0.423. The third-order valence-corrected chi connectivity index (χ3v) is 3.32. The summed E-state index contributed by atoms with van der Waals surface area (Å²) in [4.78, 5) is 0. The molecule has 0 spiro atoms. The van der Waals surface area contributed by atoms with Crippen LogP contribution in [-0.4, -0.2) is 31.4 Å². The number of ether oxygens (including phenoxy) is 2. The van der Waals surface area contributed by atoms with Crippen LogP contribution in [0.25, 0.3) is 0 Å². The summed E-state index contributed by atoms with van der Waals surface area (Å²) in [6.45, 7) is 1.58. The van der Waals surface area contributed by atoms with Gasteiger partial charge in [0.05, 0.1) is 7.11 Å². The van der Waals surface area contributed by atoms with E-state index in [0.29, 0.717) is 6.61 Å². The van der Waals surface area contributed by atoms with Crippen LogP contribution in [0.1, 0.15) is 44.1 Å². The summed E-state index contributed by atoms with van der Waals surface area (Å²) in [5.41, 5.74) is 1.21. The Morgan fingerprint density at radius 2 is 1.53 bits per heavy atom. The van der Waals surface area contributed by atoms with Crippen LogP contribution in [0.15, 0.2) is 24.3 Å². The Bertz CT molecular complexity index is 311. The van der Waals surface area contributed by atoms with Gasteiger partial charge in [0, 0.05) is 0 Å². The molecule has 0 aliphatic carbocycles. The van der Waals surface area contributed by atoms with Crippen molar-refractivity contribution in [3.8, 4) is 5.75 Å². The van der Waals surface area contributed by atoms with Gasteiger partial charge in [0.1, 0.15) is 5.75 Å². The minimum atomic E-state index is 0.708. The van der Waals surface area contributed by atoms with Crippen molar-refractivity contribution in [3.05, 3.63) is 29.8 Å². The molecule has 1 aromatic rings. The van der Waals surface area contributed by atoms with Crippen LogP contribution < -0.4 is 4.74 Å². The molecule has 0 N–H and O–H groups in total. The standard InChI is InChI=1S/C16H25O2.Li/c1-3-4-5-6-7-8-13-18-14-15-9-11-16(17-2)12-10-15;/h9-12H,1,3-8,13-14H2,2H3;. The fourth-order valence-corrected chi connectivity index (χ4v) is 2.07. The molecule has 1 rings (SSSR count). The monoisotopic (exact) mass is 256 g/mol. The summed E-state index contributed by atoms with van der Waals surface area (Å²) in [7, 11) is 1.69. The Morgan fingerprint density at radius 3 is 2.16 bits per heavy atom. The average molecular weight is 256 g/mol. The number of unbranched alkanes of at least 4 members (excludes halogenated alkanes) is 5. The first-order chi connectivity index (χ1) is 9.36. The zero-order valence-corrected chi connectivity index (χ0v) is 12.5. The van der Waals surface area contributed by atoms with Crippen LogP contribution in [-0.2, 0) is 11.3 Å².